The Morgan fingerprint density at radius 2 is 2.25 bits per heavy atom. The molecule has 0 aromatic carbocycles. The maximum absolute atomic E-state index is 4.69. The Hall–Kier alpha value is -0.890. The summed E-state index contributed by atoms with van der Waals surface area (Å²) in [7, 11) is 2.15. The fourth-order valence-corrected chi connectivity index (χ4v) is 5.31. The summed E-state index contributed by atoms with van der Waals surface area (Å²) < 4.78 is 0. The van der Waals surface area contributed by atoms with Gasteiger partial charge in [-0.1, -0.05) is 12.5 Å². The molecular formula is C18H26N2. The lowest BCUT2D eigenvalue weighted by Gasteiger charge is -2.30. The van der Waals surface area contributed by atoms with E-state index in [0.717, 1.165) is 17.8 Å². The molecule has 2 heteroatoms. The van der Waals surface area contributed by atoms with Crippen molar-refractivity contribution in [1.82, 2.24) is 10.3 Å². The van der Waals surface area contributed by atoms with Crippen LogP contribution in [-0.4, -0.2) is 18.1 Å². The standard InChI is InChI=1S/C18H26N2/c1-19-17(11-15-10-12-4-5-14(15)9-12)16-7-6-13-3-2-8-20-18(13)16/h2-3,8,12,14-17,19H,4-7,9-11H2,1H3. The SMILES string of the molecule is CNC(CC1CC2CCC1C2)C1CCc2cccnc21. The molecule has 5 unspecified atom stereocenters. The van der Waals surface area contributed by atoms with Crippen molar-refractivity contribution in [3.8, 4) is 0 Å². The third kappa shape index (κ3) is 2.09. The maximum atomic E-state index is 4.69. The van der Waals surface area contributed by atoms with Crippen molar-refractivity contribution in [2.24, 2.45) is 17.8 Å². The van der Waals surface area contributed by atoms with E-state index in [4.69, 9.17) is 4.98 Å². The molecule has 2 nitrogen and oxygen atoms in total. The maximum Gasteiger partial charge on any atom is 0.0482 e. The molecule has 4 rings (SSSR count). The highest BCUT2D eigenvalue weighted by Gasteiger charge is 2.41. The van der Waals surface area contributed by atoms with Crippen LogP contribution in [0, 0.1) is 17.8 Å². The number of aromatic nitrogens is 1. The number of nitrogens with one attached hydrogen (secondary N) is 1. The second-order valence-corrected chi connectivity index (χ2v) is 7.26. The van der Waals surface area contributed by atoms with Gasteiger partial charge in [-0.3, -0.25) is 4.98 Å². The Morgan fingerprint density at radius 3 is 3.00 bits per heavy atom. The van der Waals surface area contributed by atoms with E-state index >= 15 is 0 Å². The van der Waals surface area contributed by atoms with Crippen LogP contribution in [0.5, 0.6) is 0 Å². The largest absolute Gasteiger partial charge is 0.316 e. The number of hydrogen-bond acceptors (Lipinski definition) is 2. The molecule has 108 valence electrons. The van der Waals surface area contributed by atoms with Crippen molar-refractivity contribution in [2.45, 2.75) is 56.9 Å². The Morgan fingerprint density at radius 1 is 1.30 bits per heavy atom. The van der Waals surface area contributed by atoms with Crippen LogP contribution in [0.1, 0.15) is 55.7 Å². The molecule has 3 aliphatic rings. The first kappa shape index (κ1) is 12.8. The smallest absolute Gasteiger partial charge is 0.0482 e. The molecule has 1 aromatic heterocycles. The fraction of sp³-hybridized carbons (Fsp3) is 0.722. The Kier molecular flexibility index (Phi) is 3.30. The zero-order valence-electron chi connectivity index (χ0n) is 12.5. The predicted molar refractivity (Wildman–Crippen MR) is 81.7 cm³/mol. The van der Waals surface area contributed by atoms with E-state index in [2.05, 4.69) is 24.5 Å². The minimum absolute atomic E-state index is 0.635. The van der Waals surface area contributed by atoms with Gasteiger partial charge in [0, 0.05) is 23.9 Å². The molecule has 2 saturated carbocycles. The molecule has 5 atom stereocenters. The van der Waals surface area contributed by atoms with Crippen molar-refractivity contribution in [2.75, 3.05) is 7.05 Å². The molecule has 0 aliphatic heterocycles. The van der Waals surface area contributed by atoms with E-state index in [1.54, 1.807) is 0 Å². The molecule has 0 saturated heterocycles. The first-order valence-electron chi connectivity index (χ1n) is 8.46. The summed E-state index contributed by atoms with van der Waals surface area (Å²) in [6, 6.07) is 4.99. The van der Waals surface area contributed by atoms with Crippen molar-refractivity contribution < 1.29 is 0 Å². The van der Waals surface area contributed by atoms with Gasteiger partial charge in [0.25, 0.3) is 0 Å². The van der Waals surface area contributed by atoms with E-state index in [1.165, 1.54) is 56.2 Å². The van der Waals surface area contributed by atoms with Crippen LogP contribution in [0.15, 0.2) is 18.3 Å². The monoisotopic (exact) mass is 270 g/mol. The summed E-state index contributed by atoms with van der Waals surface area (Å²) in [6.07, 6.45) is 11.9. The lowest BCUT2D eigenvalue weighted by molar-refractivity contribution is 0.264. The number of hydrogen-bond donors (Lipinski definition) is 1. The molecule has 2 bridgehead atoms. The zero-order valence-corrected chi connectivity index (χ0v) is 12.5. The van der Waals surface area contributed by atoms with Gasteiger partial charge >= 0.3 is 0 Å². The molecule has 3 aliphatic carbocycles. The average Bonchev–Trinajstić information content (AvgIpc) is 3.19. The van der Waals surface area contributed by atoms with E-state index in [-0.39, 0.29) is 0 Å². The Labute approximate surface area is 122 Å². The molecule has 1 N–H and O–H groups in total. The summed E-state index contributed by atoms with van der Waals surface area (Å²) in [5, 5.41) is 3.63. The van der Waals surface area contributed by atoms with Crippen molar-refractivity contribution in [3.05, 3.63) is 29.6 Å². The van der Waals surface area contributed by atoms with Crippen LogP contribution in [-0.2, 0) is 6.42 Å². The van der Waals surface area contributed by atoms with Crippen LogP contribution in [0.3, 0.4) is 0 Å². The first-order chi connectivity index (χ1) is 9.85. The fourth-order valence-electron chi connectivity index (χ4n) is 5.31. The van der Waals surface area contributed by atoms with Crippen LogP contribution in [0.2, 0.25) is 0 Å². The zero-order chi connectivity index (χ0) is 13.5. The predicted octanol–water partition coefficient (Wildman–Crippen LogP) is 3.53. The molecule has 20 heavy (non-hydrogen) atoms. The number of pyridine rings is 1. The highest BCUT2D eigenvalue weighted by Crippen LogP contribution is 2.51. The number of aryl methyl sites for hydroxylation is 1. The summed E-state index contributed by atoms with van der Waals surface area (Å²) in [5.41, 5.74) is 2.88. The van der Waals surface area contributed by atoms with Gasteiger partial charge in [-0.25, -0.2) is 0 Å². The van der Waals surface area contributed by atoms with Gasteiger partial charge in [0.05, 0.1) is 0 Å². The topological polar surface area (TPSA) is 24.9 Å². The summed E-state index contributed by atoms with van der Waals surface area (Å²) in [6.45, 7) is 0. The number of likely N-dealkylation sites (N-methyl/N-ethyl adjacent to an activating group) is 1. The van der Waals surface area contributed by atoms with Crippen molar-refractivity contribution in [1.29, 1.82) is 0 Å². The van der Waals surface area contributed by atoms with Crippen LogP contribution in [0.25, 0.3) is 0 Å². The third-order valence-corrected chi connectivity index (χ3v) is 6.30. The van der Waals surface area contributed by atoms with Gasteiger partial charge < -0.3 is 5.32 Å². The number of rotatable bonds is 4. The molecular weight excluding hydrogens is 244 g/mol. The van der Waals surface area contributed by atoms with Gasteiger partial charge in [0.15, 0.2) is 0 Å². The van der Waals surface area contributed by atoms with Gasteiger partial charge in [-0.15, -0.1) is 0 Å². The lowest BCUT2D eigenvalue weighted by Crippen LogP contribution is -2.34. The minimum atomic E-state index is 0.635. The molecule has 1 aromatic rings. The highest BCUT2D eigenvalue weighted by molar-refractivity contribution is 5.30. The molecule has 0 spiro atoms. The van der Waals surface area contributed by atoms with E-state index in [0.29, 0.717) is 12.0 Å². The van der Waals surface area contributed by atoms with Gasteiger partial charge in [-0.05, 0) is 75.0 Å². The molecule has 0 radical (unpaired) electrons. The van der Waals surface area contributed by atoms with Gasteiger partial charge in [-0.2, -0.15) is 0 Å². The Bertz CT molecular complexity index is 484. The number of nitrogens with zero attached hydrogens (tertiary/aromatic N) is 1. The summed E-state index contributed by atoms with van der Waals surface area (Å²) in [5.74, 6) is 3.74. The van der Waals surface area contributed by atoms with Crippen molar-refractivity contribution in [3.63, 3.8) is 0 Å². The van der Waals surface area contributed by atoms with E-state index < -0.39 is 0 Å². The van der Waals surface area contributed by atoms with Gasteiger partial charge in [0.2, 0.25) is 0 Å². The normalized spacial score (nSPS) is 36.2. The lowest BCUT2D eigenvalue weighted by atomic mass is 9.80. The van der Waals surface area contributed by atoms with E-state index in [1.807, 2.05) is 6.20 Å². The quantitative estimate of drug-likeness (QED) is 0.905. The highest BCUT2D eigenvalue weighted by atomic mass is 14.9. The average molecular weight is 270 g/mol. The van der Waals surface area contributed by atoms with Crippen LogP contribution in [0.4, 0.5) is 0 Å². The summed E-state index contributed by atoms with van der Waals surface area (Å²) >= 11 is 0. The molecule has 1 heterocycles. The third-order valence-electron chi connectivity index (χ3n) is 6.30. The van der Waals surface area contributed by atoms with E-state index in [9.17, 15) is 0 Å². The van der Waals surface area contributed by atoms with Crippen LogP contribution < -0.4 is 5.32 Å². The van der Waals surface area contributed by atoms with Gasteiger partial charge in [0.1, 0.15) is 0 Å². The first-order valence-corrected chi connectivity index (χ1v) is 8.46. The Balaban J connectivity index is 1.49. The second-order valence-electron chi connectivity index (χ2n) is 7.26. The molecule has 2 fully saturated rings. The van der Waals surface area contributed by atoms with Crippen molar-refractivity contribution >= 4 is 0 Å². The summed E-state index contributed by atoms with van der Waals surface area (Å²) in [4.78, 5) is 4.69. The number of fused-ring (bicyclic) bond motifs is 3. The van der Waals surface area contributed by atoms with Crippen LogP contribution >= 0.6 is 0 Å². The molecule has 0 amide bonds. The minimum Gasteiger partial charge on any atom is -0.316 e. The second kappa shape index (κ2) is 5.14.